The number of H-pyrrole nitrogens is 2. The Morgan fingerprint density at radius 2 is 1.43 bits per heavy atom. The number of aldehydes is 1. The van der Waals surface area contributed by atoms with Crippen molar-refractivity contribution in [2.24, 2.45) is 0 Å². The number of amides is 1. The van der Waals surface area contributed by atoms with E-state index in [-0.39, 0.29) is 49.8 Å². The summed E-state index contributed by atoms with van der Waals surface area (Å²) in [6, 6.07) is 6.20. The molecule has 4 aliphatic heterocycles. The molecule has 7 rings (SSSR count). The van der Waals surface area contributed by atoms with Crippen LogP contribution in [0.5, 0.6) is 0 Å². The summed E-state index contributed by atoms with van der Waals surface area (Å²) in [5.74, 6) is -0.363. The average molecular weight is 1040 g/mol. The fourth-order valence-electron chi connectivity index (χ4n) is 9.24. The number of methoxy groups -OCH3 is 1. The number of rotatable bonds is 18. The average Bonchev–Trinajstić information content (AvgIpc) is 4.11. The van der Waals surface area contributed by atoms with E-state index >= 15 is 0 Å². The molecule has 7 unspecified atom stereocenters. The highest BCUT2D eigenvalue weighted by molar-refractivity contribution is 6.27. The van der Waals surface area contributed by atoms with E-state index in [0.29, 0.717) is 92.8 Å². The summed E-state index contributed by atoms with van der Waals surface area (Å²) in [5, 5.41) is 51.0. The first-order valence-corrected chi connectivity index (χ1v) is 25.7. The van der Waals surface area contributed by atoms with E-state index in [1.165, 1.54) is 7.11 Å². The van der Waals surface area contributed by atoms with Crippen molar-refractivity contribution in [2.45, 2.75) is 149 Å². The second kappa shape index (κ2) is 31.0. The van der Waals surface area contributed by atoms with E-state index in [2.05, 4.69) is 71.7 Å². The van der Waals surface area contributed by atoms with Crippen molar-refractivity contribution >= 4 is 57.5 Å². The van der Waals surface area contributed by atoms with Gasteiger partial charge >= 0.3 is 5.97 Å². The van der Waals surface area contributed by atoms with Crippen LogP contribution in [0.25, 0.3) is 39.3 Å². The van der Waals surface area contributed by atoms with Gasteiger partial charge in [0.25, 0.3) is 5.91 Å². The Morgan fingerprint density at radius 1 is 0.838 bits per heavy atom. The Labute approximate surface area is 435 Å². The highest BCUT2D eigenvalue weighted by atomic mass is 16.7. The molecule has 9 N–H and O–H groups in total. The van der Waals surface area contributed by atoms with Gasteiger partial charge in [-0.2, -0.15) is 0 Å². The van der Waals surface area contributed by atoms with Gasteiger partial charge in [-0.1, -0.05) is 33.4 Å². The SMILES string of the molecule is C=Cc1c(C)c2cc3nc(c(CC=O)c4nc(cc5[nH]c(cc1[nH]2)c(C)c5CC)C(C)=C4C(=O)NCCCOC1CC(O)CC(CO)O1)CC3C.CCC(=O)OC.CNCCCOC1CC(O)CC(CO)O1.CO. The Balaban J connectivity index is 0.000000428. The van der Waals surface area contributed by atoms with Crippen LogP contribution in [-0.2, 0) is 57.3 Å². The molecule has 0 aromatic carbocycles. The molecular formula is C55H82N6O13. The van der Waals surface area contributed by atoms with Crippen molar-refractivity contribution in [1.29, 1.82) is 0 Å². The minimum Gasteiger partial charge on any atom is -0.469 e. The minimum absolute atomic E-state index is 0.0621. The molecular weight excluding hydrogens is 953 g/mol. The maximum atomic E-state index is 14.0. The van der Waals surface area contributed by atoms with Crippen molar-refractivity contribution in [3.05, 3.63) is 75.4 Å². The molecule has 0 radical (unpaired) electrons. The molecule has 19 heteroatoms. The van der Waals surface area contributed by atoms with Crippen LogP contribution in [0.15, 0.2) is 24.8 Å². The molecule has 410 valence electrons. The fraction of sp³-hybridized carbons (Fsp3) is 0.582. The number of hydrogen-bond donors (Lipinski definition) is 9. The van der Waals surface area contributed by atoms with Gasteiger partial charge in [-0.05, 0) is 101 Å². The van der Waals surface area contributed by atoms with E-state index in [0.717, 1.165) is 88.5 Å². The number of carbonyl (C=O) groups is 3. The molecule has 8 bridgehead atoms. The molecule has 4 aliphatic rings. The standard InChI is InChI=1S/C40H49N5O6.C10H21NO4.C4H8O2.CH4O/c1-7-27-22(4)31-17-30-21(3)14-34(42-30)29(10-12-46)39-38(40(49)41-11-9-13-50-37-16-25(48)15-26(20-47)51-37)24(6)33(45-39)19-36-28(8-2)23(5)32(44-36)18-35(27)43-31;1-11-3-2-4-14-10-6-8(13)5-9(7-12)15-10;1-3-4(5)6-2;1-2/h7,12,17-19,21,25-26,37,43-44,47-48H,1,8-11,13-16,20H2,2-6H3,(H,41,49);8-13H,2-7H2,1H3;3H2,1-2H3;2H,1H3. The molecule has 0 saturated carbocycles. The van der Waals surface area contributed by atoms with Gasteiger partial charge in [0.05, 0.1) is 74.9 Å². The summed E-state index contributed by atoms with van der Waals surface area (Å²) in [6.07, 6.45) is 5.04. The topological polar surface area (TPSA) is 280 Å². The fourth-order valence-corrected chi connectivity index (χ4v) is 9.24. The van der Waals surface area contributed by atoms with Gasteiger partial charge < -0.3 is 74.6 Å². The zero-order chi connectivity index (χ0) is 54.5. The maximum Gasteiger partial charge on any atom is 0.305 e. The van der Waals surface area contributed by atoms with Gasteiger partial charge in [0.2, 0.25) is 0 Å². The lowest BCUT2D eigenvalue weighted by atomic mass is 9.96. The van der Waals surface area contributed by atoms with Crippen LogP contribution >= 0.6 is 0 Å². The van der Waals surface area contributed by atoms with Crippen molar-refractivity contribution in [1.82, 2.24) is 30.6 Å². The van der Waals surface area contributed by atoms with Crippen LogP contribution in [0.3, 0.4) is 0 Å². The monoisotopic (exact) mass is 1030 g/mol. The molecule has 74 heavy (non-hydrogen) atoms. The van der Waals surface area contributed by atoms with Crippen LogP contribution in [0.2, 0.25) is 0 Å². The quantitative estimate of drug-likeness (QED) is 0.0451. The highest BCUT2D eigenvalue weighted by Gasteiger charge is 2.31. The lowest BCUT2D eigenvalue weighted by molar-refractivity contribution is -0.222. The summed E-state index contributed by atoms with van der Waals surface area (Å²) in [7, 11) is 4.27. The third-order valence-electron chi connectivity index (χ3n) is 13.3. The number of allylic oxidation sites excluding steroid dienone is 1. The van der Waals surface area contributed by atoms with Crippen LogP contribution in [0.1, 0.15) is 129 Å². The molecule has 1 amide bonds. The molecule has 19 nitrogen and oxygen atoms in total. The van der Waals surface area contributed by atoms with Crippen LogP contribution in [0.4, 0.5) is 0 Å². The highest BCUT2D eigenvalue weighted by Crippen LogP contribution is 2.36. The second-order valence-electron chi connectivity index (χ2n) is 18.5. The van der Waals surface area contributed by atoms with Gasteiger partial charge in [-0.25, -0.2) is 4.98 Å². The Hall–Kier alpha value is -5.19. The van der Waals surface area contributed by atoms with Crippen LogP contribution in [-0.4, -0.2) is 161 Å². The summed E-state index contributed by atoms with van der Waals surface area (Å²) < 4.78 is 26.6. The van der Waals surface area contributed by atoms with Crippen molar-refractivity contribution in [2.75, 3.05) is 60.8 Å². The zero-order valence-electron chi connectivity index (χ0n) is 44.8. The first-order valence-electron chi connectivity index (χ1n) is 25.7. The second-order valence-corrected chi connectivity index (χ2v) is 18.5. The number of aryl methyl sites for hydroxylation is 3. The van der Waals surface area contributed by atoms with Crippen LogP contribution < -0.4 is 10.6 Å². The molecule has 7 heterocycles. The van der Waals surface area contributed by atoms with E-state index in [1.54, 1.807) is 6.92 Å². The number of nitrogens with zero attached hydrogens (tertiary/aromatic N) is 2. The number of carbonyl (C=O) groups excluding carboxylic acids is 3. The third kappa shape index (κ3) is 16.7. The largest absolute Gasteiger partial charge is 0.469 e. The van der Waals surface area contributed by atoms with Gasteiger partial charge in [-0.3, -0.25) is 14.6 Å². The number of aliphatic hydroxyl groups excluding tert-OH is 5. The summed E-state index contributed by atoms with van der Waals surface area (Å²) in [4.78, 5) is 53.6. The van der Waals surface area contributed by atoms with Gasteiger partial charge in [0, 0.05) is 103 Å². The Morgan fingerprint density at radius 3 is 1.96 bits per heavy atom. The zero-order valence-corrected chi connectivity index (χ0v) is 44.8. The third-order valence-corrected chi connectivity index (χ3v) is 13.3. The first kappa shape index (κ1) is 61.4. The molecule has 3 aromatic rings. The number of fused-ring (bicyclic) bond motifs is 8. The van der Waals surface area contributed by atoms with Gasteiger partial charge in [0.1, 0.15) is 6.29 Å². The van der Waals surface area contributed by atoms with E-state index in [9.17, 15) is 29.7 Å². The smallest absolute Gasteiger partial charge is 0.305 e. The van der Waals surface area contributed by atoms with E-state index in [1.807, 2.05) is 26.1 Å². The number of esters is 1. The molecule has 0 aliphatic carbocycles. The molecule has 2 saturated heterocycles. The lowest BCUT2D eigenvalue weighted by Gasteiger charge is -2.32. The number of ether oxygens (including phenoxy) is 5. The molecule has 2 fully saturated rings. The lowest BCUT2D eigenvalue weighted by Crippen LogP contribution is -2.39. The Kier molecular flexibility index (Phi) is 25.7. The number of aromatic amines is 2. The molecule has 7 atom stereocenters. The van der Waals surface area contributed by atoms with Crippen molar-refractivity contribution < 1.29 is 63.6 Å². The normalized spacial score (nSPS) is 21.2. The van der Waals surface area contributed by atoms with Crippen molar-refractivity contribution in [3.8, 4) is 0 Å². The molecule has 3 aromatic heterocycles. The Bertz CT molecular complexity index is 2520. The van der Waals surface area contributed by atoms with E-state index < -0.39 is 24.6 Å². The summed E-state index contributed by atoms with van der Waals surface area (Å²) in [6.45, 7) is 18.1. The van der Waals surface area contributed by atoms with Crippen molar-refractivity contribution in [3.63, 3.8) is 0 Å². The minimum atomic E-state index is -0.610. The van der Waals surface area contributed by atoms with Gasteiger partial charge in [-0.15, -0.1) is 0 Å². The number of hydrogen-bond acceptors (Lipinski definition) is 16. The molecule has 0 spiro atoms. The predicted octanol–water partition coefficient (Wildman–Crippen LogP) is 5.19. The maximum absolute atomic E-state index is 14.0. The van der Waals surface area contributed by atoms with Gasteiger partial charge in [0.15, 0.2) is 12.6 Å². The van der Waals surface area contributed by atoms with Crippen LogP contribution in [0, 0.1) is 13.8 Å². The summed E-state index contributed by atoms with van der Waals surface area (Å²) in [5.41, 5.74) is 12.7. The number of aromatic nitrogens is 4. The first-order chi connectivity index (χ1) is 35.6. The summed E-state index contributed by atoms with van der Waals surface area (Å²) >= 11 is 0. The number of nitrogens with one attached hydrogen (secondary N) is 4. The number of aliphatic hydroxyl groups is 5. The van der Waals surface area contributed by atoms with E-state index in [4.69, 9.17) is 39.1 Å². The predicted molar refractivity (Wildman–Crippen MR) is 285 cm³/mol.